The monoisotopic (exact) mass is 532 g/mol. The van der Waals surface area contributed by atoms with Crippen molar-refractivity contribution in [1.82, 2.24) is 14.5 Å². The summed E-state index contributed by atoms with van der Waals surface area (Å²) in [6.07, 6.45) is 0. The minimum absolute atomic E-state index is 0.0687. The molecule has 0 saturated heterocycles. The van der Waals surface area contributed by atoms with Gasteiger partial charge in [0.2, 0.25) is 5.58 Å². The summed E-state index contributed by atoms with van der Waals surface area (Å²) >= 11 is 6.02. The van der Waals surface area contributed by atoms with Crippen LogP contribution in [0.15, 0.2) is 74.3 Å². The number of nitrogens with zero attached hydrogens (tertiary/aromatic N) is 3. The van der Waals surface area contributed by atoms with Crippen molar-refractivity contribution >= 4 is 39.6 Å². The Balaban J connectivity index is 1.75. The average Bonchev–Trinajstić information content (AvgIpc) is 3.49. The van der Waals surface area contributed by atoms with Gasteiger partial charge in [0.1, 0.15) is 22.7 Å². The molecule has 3 aromatic heterocycles. The van der Waals surface area contributed by atoms with Gasteiger partial charge in [-0.05, 0) is 60.8 Å². The molecule has 0 radical (unpaired) electrons. The summed E-state index contributed by atoms with van der Waals surface area (Å²) in [6, 6.07) is 17.6. The molecule has 0 bridgehead atoms. The van der Waals surface area contributed by atoms with Gasteiger partial charge in [0.05, 0.1) is 12.6 Å². The molecule has 0 fully saturated rings. The smallest absolute Gasteiger partial charge is 0.297 e. The van der Waals surface area contributed by atoms with E-state index in [1.807, 2.05) is 51.1 Å². The van der Waals surface area contributed by atoms with Gasteiger partial charge in [-0.3, -0.25) is 14.2 Å². The predicted molar refractivity (Wildman–Crippen MR) is 147 cm³/mol. The van der Waals surface area contributed by atoms with E-state index in [0.29, 0.717) is 28.2 Å². The molecule has 5 aromatic rings. The number of furan rings is 2. The zero-order valence-corrected chi connectivity index (χ0v) is 22.2. The lowest BCUT2D eigenvalue weighted by Crippen LogP contribution is -2.43. The second kappa shape index (κ2) is 10.5. The number of nitrogens with two attached hydrogens (primary N) is 1. The first-order valence-corrected chi connectivity index (χ1v) is 12.9. The van der Waals surface area contributed by atoms with Gasteiger partial charge in [0.25, 0.3) is 11.5 Å². The Kier molecular flexibility index (Phi) is 7.10. The molecule has 3 heterocycles. The number of halogens is 1. The second-order valence-corrected chi connectivity index (χ2v) is 10.1. The number of rotatable bonds is 8. The molecule has 0 aliphatic rings. The molecule has 5 rings (SSSR count). The van der Waals surface area contributed by atoms with Crippen molar-refractivity contribution in [2.75, 3.05) is 13.1 Å². The summed E-state index contributed by atoms with van der Waals surface area (Å²) in [5, 5.41) is 0.943. The first kappa shape index (κ1) is 25.8. The van der Waals surface area contributed by atoms with E-state index >= 15 is 0 Å². The van der Waals surface area contributed by atoms with Crippen LogP contribution in [0.2, 0.25) is 5.22 Å². The van der Waals surface area contributed by atoms with Crippen molar-refractivity contribution in [2.45, 2.75) is 33.4 Å². The maximum absolute atomic E-state index is 13.9. The highest BCUT2D eigenvalue weighted by Crippen LogP contribution is 2.32. The zero-order chi connectivity index (χ0) is 27.0. The molecule has 0 saturated carbocycles. The number of benzene rings is 2. The minimum Gasteiger partial charge on any atom is -0.448 e. The fourth-order valence-corrected chi connectivity index (χ4v) is 4.99. The van der Waals surface area contributed by atoms with Crippen LogP contribution in [0.5, 0.6) is 0 Å². The van der Waals surface area contributed by atoms with E-state index in [9.17, 15) is 9.59 Å². The standard InChI is InChI=1S/C29H29ClN4O4/c1-17(2)25(33(15-14-31)28(35)19-10-8-18(3)9-11-19)27-32-24-21-6-4-5-7-22(21)38-26(24)29(36)34(27)16-20-12-13-23(30)37-20/h4-13,17,25H,14-16,31H2,1-3H3. The topological polar surface area (TPSA) is 108 Å². The number of hydrogen-bond acceptors (Lipinski definition) is 6. The highest BCUT2D eigenvalue weighted by Gasteiger charge is 2.33. The Bertz CT molecular complexity index is 1670. The predicted octanol–water partition coefficient (Wildman–Crippen LogP) is 5.54. The zero-order valence-electron chi connectivity index (χ0n) is 21.5. The average molecular weight is 533 g/mol. The maximum atomic E-state index is 13.9. The summed E-state index contributed by atoms with van der Waals surface area (Å²) in [4.78, 5) is 34.5. The first-order valence-electron chi connectivity index (χ1n) is 12.5. The number of para-hydroxylation sites is 1. The van der Waals surface area contributed by atoms with Crippen LogP contribution in [0.1, 0.15) is 47.4 Å². The maximum Gasteiger partial charge on any atom is 0.297 e. The molecule has 38 heavy (non-hydrogen) atoms. The molecule has 8 nitrogen and oxygen atoms in total. The molecule has 1 amide bonds. The van der Waals surface area contributed by atoms with Crippen LogP contribution in [0.4, 0.5) is 0 Å². The van der Waals surface area contributed by atoms with E-state index in [2.05, 4.69) is 0 Å². The number of carbonyl (C=O) groups excluding carboxylic acids is 1. The molecule has 1 unspecified atom stereocenters. The van der Waals surface area contributed by atoms with Crippen LogP contribution in [0.25, 0.3) is 22.1 Å². The lowest BCUT2D eigenvalue weighted by atomic mass is 9.99. The largest absolute Gasteiger partial charge is 0.448 e. The molecule has 0 spiro atoms. The molecule has 9 heteroatoms. The van der Waals surface area contributed by atoms with Crippen molar-refractivity contribution in [3.05, 3.63) is 98.9 Å². The molecule has 2 N–H and O–H groups in total. The fourth-order valence-electron chi connectivity index (χ4n) is 4.83. The summed E-state index contributed by atoms with van der Waals surface area (Å²) in [5.41, 5.74) is 8.39. The van der Waals surface area contributed by atoms with Crippen molar-refractivity contribution in [3.8, 4) is 0 Å². The Labute approximate surface area is 224 Å². The van der Waals surface area contributed by atoms with Crippen LogP contribution in [-0.2, 0) is 6.54 Å². The number of fused-ring (bicyclic) bond motifs is 3. The molecular formula is C29H29ClN4O4. The molecule has 2 aromatic carbocycles. The number of carbonyl (C=O) groups is 1. The molecule has 0 aliphatic carbocycles. The quantitative estimate of drug-likeness (QED) is 0.281. The summed E-state index contributed by atoms with van der Waals surface area (Å²) < 4.78 is 13.0. The van der Waals surface area contributed by atoms with Crippen LogP contribution in [0.3, 0.4) is 0 Å². The van der Waals surface area contributed by atoms with Crippen LogP contribution in [0, 0.1) is 12.8 Å². The van der Waals surface area contributed by atoms with Gasteiger partial charge >= 0.3 is 0 Å². The van der Waals surface area contributed by atoms with Crippen molar-refractivity contribution in [2.24, 2.45) is 11.7 Å². The summed E-state index contributed by atoms with van der Waals surface area (Å²) in [7, 11) is 0. The molecule has 196 valence electrons. The van der Waals surface area contributed by atoms with E-state index in [1.165, 1.54) is 4.57 Å². The third kappa shape index (κ3) is 4.73. The first-order chi connectivity index (χ1) is 18.3. The number of aromatic nitrogens is 2. The fraction of sp³-hybridized carbons (Fsp3) is 0.276. The Morgan fingerprint density at radius 2 is 1.82 bits per heavy atom. The lowest BCUT2D eigenvalue weighted by Gasteiger charge is -2.35. The molecular weight excluding hydrogens is 504 g/mol. The number of hydrogen-bond donors (Lipinski definition) is 1. The van der Waals surface area contributed by atoms with Gasteiger partial charge in [0, 0.05) is 24.0 Å². The van der Waals surface area contributed by atoms with Gasteiger partial charge in [-0.2, -0.15) is 0 Å². The van der Waals surface area contributed by atoms with Crippen molar-refractivity contribution in [1.29, 1.82) is 0 Å². The Hall–Kier alpha value is -3.88. The normalized spacial score (nSPS) is 12.5. The van der Waals surface area contributed by atoms with Gasteiger partial charge in [-0.25, -0.2) is 4.98 Å². The van der Waals surface area contributed by atoms with Gasteiger partial charge in [-0.15, -0.1) is 0 Å². The third-order valence-electron chi connectivity index (χ3n) is 6.62. The van der Waals surface area contributed by atoms with E-state index in [0.717, 1.165) is 10.9 Å². The minimum atomic E-state index is -0.566. The van der Waals surface area contributed by atoms with Crippen LogP contribution < -0.4 is 11.3 Å². The SMILES string of the molecule is Cc1ccc(C(=O)N(CCN)C(c2nc3c(oc4ccccc43)c(=O)n2Cc2ccc(Cl)o2)C(C)C)cc1. The van der Waals surface area contributed by atoms with E-state index in [4.69, 9.17) is 31.2 Å². The highest BCUT2D eigenvalue weighted by atomic mass is 35.5. The van der Waals surface area contributed by atoms with E-state index in [1.54, 1.807) is 35.2 Å². The van der Waals surface area contributed by atoms with E-state index < -0.39 is 6.04 Å². The van der Waals surface area contributed by atoms with E-state index in [-0.39, 0.29) is 47.8 Å². The Morgan fingerprint density at radius 1 is 1.08 bits per heavy atom. The highest BCUT2D eigenvalue weighted by molar-refractivity contribution is 6.28. The van der Waals surface area contributed by atoms with Crippen molar-refractivity contribution < 1.29 is 13.6 Å². The third-order valence-corrected chi connectivity index (χ3v) is 6.82. The summed E-state index contributed by atoms with van der Waals surface area (Å²) in [6.45, 7) is 6.55. The van der Waals surface area contributed by atoms with Crippen LogP contribution >= 0.6 is 11.6 Å². The van der Waals surface area contributed by atoms with Gasteiger partial charge in [-0.1, -0.05) is 43.7 Å². The molecule has 0 aliphatic heterocycles. The number of amides is 1. The summed E-state index contributed by atoms with van der Waals surface area (Å²) in [5.74, 6) is 0.608. The van der Waals surface area contributed by atoms with Crippen molar-refractivity contribution in [3.63, 3.8) is 0 Å². The lowest BCUT2D eigenvalue weighted by molar-refractivity contribution is 0.0612. The Morgan fingerprint density at radius 3 is 2.47 bits per heavy atom. The van der Waals surface area contributed by atoms with Crippen LogP contribution in [-0.4, -0.2) is 33.4 Å². The van der Waals surface area contributed by atoms with Gasteiger partial charge < -0.3 is 19.5 Å². The van der Waals surface area contributed by atoms with Gasteiger partial charge in [0.15, 0.2) is 5.22 Å². The molecule has 1 atom stereocenters. The second-order valence-electron chi connectivity index (χ2n) is 9.69. The number of aryl methyl sites for hydroxylation is 1.